The largest absolute Gasteiger partial charge is 0.346 e. The minimum Gasteiger partial charge on any atom is -0.346 e. The number of piperidine rings is 1. The topological polar surface area (TPSA) is 29.0 Å². The fourth-order valence-electron chi connectivity index (χ4n) is 2.23. The molecule has 1 aliphatic rings. The molecule has 84 valence electrons. The quantitative estimate of drug-likeness (QED) is 0.735. The molecule has 0 aliphatic carbocycles. The molecule has 1 saturated heterocycles. The van der Waals surface area contributed by atoms with E-state index < -0.39 is 0 Å². The van der Waals surface area contributed by atoms with Crippen LogP contribution in [0.2, 0.25) is 0 Å². The zero-order valence-corrected chi connectivity index (χ0v) is 10.7. The van der Waals surface area contributed by atoms with Crippen molar-refractivity contribution in [3.8, 4) is 0 Å². The van der Waals surface area contributed by atoms with Gasteiger partial charge in [0.1, 0.15) is 5.82 Å². The summed E-state index contributed by atoms with van der Waals surface area (Å²) in [5, 5.41) is 1.10. The third-order valence-corrected chi connectivity index (χ3v) is 4.47. The Morgan fingerprint density at radius 3 is 2.27 bits per heavy atom. The van der Waals surface area contributed by atoms with Crippen molar-refractivity contribution in [3.63, 3.8) is 0 Å². The van der Waals surface area contributed by atoms with E-state index in [1.165, 1.54) is 11.5 Å². The number of hydrogen-bond acceptors (Lipinski definition) is 4. The fourth-order valence-corrected chi connectivity index (χ4v) is 2.93. The van der Waals surface area contributed by atoms with E-state index in [2.05, 4.69) is 35.0 Å². The van der Waals surface area contributed by atoms with E-state index in [-0.39, 0.29) is 0 Å². The van der Waals surface area contributed by atoms with E-state index in [1.807, 2.05) is 6.92 Å². The molecule has 0 unspecified atom stereocenters. The van der Waals surface area contributed by atoms with Crippen molar-refractivity contribution in [2.24, 2.45) is 17.8 Å². The zero-order valence-electron chi connectivity index (χ0n) is 9.90. The third kappa shape index (κ3) is 2.14. The standard InChI is InChI=1S/C11H19N3S/c1-7-5-14(6-8(2)9(7)3)11-12-10(4)13-15-11/h7-9H,5-6H2,1-4H3/t7-,8+,9-. The minimum absolute atomic E-state index is 0.748. The van der Waals surface area contributed by atoms with E-state index in [0.29, 0.717) is 0 Å². The maximum atomic E-state index is 4.46. The molecule has 0 amide bonds. The molecule has 0 bridgehead atoms. The minimum atomic E-state index is 0.748. The van der Waals surface area contributed by atoms with Crippen molar-refractivity contribution in [1.29, 1.82) is 0 Å². The molecule has 2 heterocycles. The molecule has 3 nitrogen and oxygen atoms in total. The maximum absolute atomic E-state index is 4.46. The van der Waals surface area contributed by atoms with Crippen LogP contribution in [-0.4, -0.2) is 22.4 Å². The van der Waals surface area contributed by atoms with Crippen molar-refractivity contribution in [3.05, 3.63) is 5.82 Å². The number of aromatic nitrogens is 2. The Morgan fingerprint density at radius 2 is 1.80 bits per heavy atom. The maximum Gasteiger partial charge on any atom is 0.205 e. The predicted molar refractivity (Wildman–Crippen MR) is 64.4 cm³/mol. The van der Waals surface area contributed by atoms with Crippen molar-refractivity contribution in [2.45, 2.75) is 27.7 Å². The summed E-state index contributed by atoms with van der Waals surface area (Å²) in [4.78, 5) is 6.85. The summed E-state index contributed by atoms with van der Waals surface area (Å²) in [5.74, 6) is 3.21. The van der Waals surface area contributed by atoms with Gasteiger partial charge in [0.25, 0.3) is 0 Å². The zero-order chi connectivity index (χ0) is 11.0. The van der Waals surface area contributed by atoms with Gasteiger partial charge in [0.2, 0.25) is 5.13 Å². The molecular weight excluding hydrogens is 206 g/mol. The van der Waals surface area contributed by atoms with Crippen LogP contribution >= 0.6 is 11.5 Å². The van der Waals surface area contributed by atoms with E-state index in [0.717, 1.165) is 41.8 Å². The average Bonchev–Trinajstić information content (AvgIpc) is 2.60. The molecule has 1 aromatic heterocycles. The molecule has 0 aromatic carbocycles. The summed E-state index contributed by atoms with van der Waals surface area (Å²) >= 11 is 1.53. The second-order valence-electron chi connectivity index (χ2n) is 4.84. The Balaban J connectivity index is 2.12. The summed E-state index contributed by atoms with van der Waals surface area (Å²) < 4.78 is 4.25. The van der Waals surface area contributed by atoms with E-state index >= 15 is 0 Å². The molecule has 0 spiro atoms. The van der Waals surface area contributed by atoms with Gasteiger partial charge in [-0.3, -0.25) is 0 Å². The molecule has 4 heteroatoms. The van der Waals surface area contributed by atoms with Gasteiger partial charge >= 0.3 is 0 Å². The first-order valence-corrected chi connectivity index (χ1v) is 6.40. The van der Waals surface area contributed by atoms with E-state index in [9.17, 15) is 0 Å². The number of nitrogens with zero attached hydrogens (tertiary/aromatic N) is 3. The van der Waals surface area contributed by atoms with Crippen molar-refractivity contribution < 1.29 is 0 Å². The van der Waals surface area contributed by atoms with Crippen LogP contribution in [0.3, 0.4) is 0 Å². The molecule has 0 N–H and O–H groups in total. The Morgan fingerprint density at radius 1 is 1.20 bits per heavy atom. The molecule has 0 saturated carbocycles. The molecule has 2 rings (SSSR count). The lowest BCUT2D eigenvalue weighted by atomic mass is 9.81. The van der Waals surface area contributed by atoms with Crippen molar-refractivity contribution >= 4 is 16.7 Å². The van der Waals surface area contributed by atoms with Crippen LogP contribution < -0.4 is 4.90 Å². The van der Waals surface area contributed by atoms with Crippen LogP contribution in [0.4, 0.5) is 5.13 Å². The third-order valence-electron chi connectivity index (χ3n) is 3.60. The van der Waals surface area contributed by atoms with Gasteiger partial charge in [0, 0.05) is 24.6 Å². The van der Waals surface area contributed by atoms with Gasteiger partial charge < -0.3 is 4.90 Å². The molecule has 0 radical (unpaired) electrons. The van der Waals surface area contributed by atoms with Gasteiger partial charge in [0.15, 0.2) is 0 Å². The highest BCUT2D eigenvalue weighted by atomic mass is 32.1. The first-order chi connectivity index (χ1) is 7.08. The van der Waals surface area contributed by atoms with Crippen molar-refractivity contribution in [1.82, 2.24) is 9.36 Å². The smallest absolute Gasteiger partial charge is 0.205 e. The van der Waals surface area contributed by atoms with Crippen LogP contribution in [0.5, 0.6) is 0 Å². The Kier molecular flexibility index (Phi) is 2.96. The lowest BCUT2D eigenvalue weighted by Gasteiger charge is -2.39. The molecule has 1 aliphatic heterocycles. The van der Waals surface area contributed by atoms with Crippen molar-refractivity contribution in [2.75, 3.05) is 18.0 Å². The van der Waals surface area contributed by atoms with Crippen LogP contribution in [-0.2, 0) is 0 Å². The highest BCUT2D eigenvalue weighted by Crippen LogP contribution is 2.31. The first kappa shape index (κ1) is 10.9. The van der Waals surface area contributed by atoms with Gasteiger partial charge in [-0.05, 0) is 24.7 Å². The summed E-state index contributed by atoms with van der Waals surface area (Å²) in [5.41, 5.74) is 0. The molecular formula is C11H19N3S. The summed E-state index contributed by atoms with van der Waals surface area (Å²) in [7, 11) is 0. The highest BCUT2D eigenvalue weighted by molar-refractivity contribution is 7.09. The Hall–Kier alpha value is -0.640. The average molecular weight is 225 g/mol. The highest BCUT2D eigenvalue weighted by Gasteiger charge is 2.29. The first-order valence-electron chi connectivity index (χ1n) is 5.63. The number of aryl methyl sites for hydroxylation is 1. The SMILES string of the molecule is Cc1nsc(N2C[C@@H](C)[C@@H](C)[C@@H](C)C2)n1. The lowest BCUT2D eigenvalue weighted by molar-refractivity contribution is 0.240. The molecule has 1 aromatic rings. The number of hydrogen-bond donors (Lipinski definition) is 0. The normalized spacial score (nSPS) is 32.0. The molecule has 3 atom stereocenters. The van der Waals surface area contributed by atoms with Crippen LogP contribution in [0, 0.1) is 24.7 Å². The van der Waals surface area contributed by atoms with Gasteiger partial charge in [0.05, 0.1) is 0 Å². The summed E-state index contributed by atoms with van der Waals surface area (Å²) in [6, 6.07) is 0. The van der Waals surface area contributed by atoms with Crippen LogP contribution in [0.25, 0.3) is 0 Å². The van der Waals surface area contributed by atoms with E-state index in [1.54, 1.807) is 0 Å². The van der Waals surface area contributed by atoms with Gasteiger partial charge in [-0.15, -0.1) is 0 Å². The summed E-state index contributed by atoms with van der Waals surface area (Å²) in [6.07, 6.45) is 0. The van der Waals surface area contributed by atoms with Crippen LogP contribution in [0.15, 0.2) is 0 Å². The van der Waals surface area contributed by atoms with Gasteiger partial charge in [-0.1, -0.05) is 20.8 Å². The fraction of sp³-hybridized carbons (Fsp3) is 0.818. The lowest BCUT2D eigenvalue weighted by Crippen LogP contribution is -2.43. The van der Waals surface area contributed by atoms with Gasteiger partial charge in [-0.2, -0.15) is 4.37 Å². The molecule has 15 heavy (non-hydrogen) atoms. The Labute approximate surface area is 95.7 Å². The second-order valence-corrected chi connectivity index (χ2v) is 5.57. The Bertz CT molecular complexity index is 324. The molecule has 1 fully saturated rings. The second kappa shape index (κ2) is 4.08. The van der Waals surface area contributed by atoms with E-state index in [4.69, 9.17) is 0 Å². The summed E-state index contributed by atoms with van der Waals surface area (Å²) in [6.45, 7) is 11.2. The van der Waals surface area contributed by atoms with Gasteiger partial charge in [-0.25, -0.2) is 4.98 Å². The number of rotatable bonds is 1. The predicted octanol–water partition coefficient (Wildman–Crippen LogP) is 2.57. The number of anilines is 1. The van der Waals surface area contributed by atoms with Crippen LogP contribution in [0.1, 0.15) is 26.6 Å². The monoisotopic (exact) mass is 225 g/mol.